The number of unbranched alkanes of at least 4 members (excludes halogenated alkanes) is 9. The van der Waals surface area contributed by atoms with Crippen molar-refractivity contribution in [2.75, 3.05) is 31.7 Å². The molecule has 0 heterocycles. The molecule has 0 aliphatic rings. The number of hydrogen-bond acceptors (Lipinski definition) is 5. The van der Waals surface area contributed by atoms with Crippen molar-refractivity contribution in [2.24, 2.45) is 0 Å². The minimum absolute atomic E-state index is 0.0757. The molecule has 2 aromatic rings. The van der Waals surface area contributed by atoms with E-state index in [2.05, 4.69) is 23.0 Å². The Labute approximate surface area is 258 Å². The number of likely N-dealkylation sites (N-methyl/N-ethyl adjacent to an activating group) is 1. The molecule has 0 bridgehead atoms. The zero-order valence-corrected chi connectivity index (χ0v) is 26.2. The van der Waals surface area contributed by atoms with Gasteiger partial charge in [-0.2, -0.15) is 0 Å². The molecule has 2 rings (SSSR count). The fourth-order valence-electron chi connectivity index (χ4n) is 4.50. The summed E-state index contributed by atoms with van der Waals surface area (Å²) in [5.41, 5.74) is 4.71. The van der Waals surface area contributed by atoms with E-state index in [1.807, 2.05) is 61.5 Å². The van der Waals surface area contributed by atoms with Crippen LogP contribution in [0.15, 0.2) is 60.7 Å². The molecule has 3 N–H and O–H groups in total. The number of amides is 3. The lowest BCUT2D eigenvalue weighted by Gasteiger charge is -2.23. The molecule has 0 saturated heterocycles. The zero-order chi connectivity index (χ0) is 31.0. The molecule has 2 aromatic carbocycles. The fourth-order valence-corrected chi connectivity index (χ4v) is 4.50. The van der Waals surface area contributed by atoms with Gasteiger partial charge in [0, 0.05) is 25.6 Å². The van der Waals surface area contributed by atoms with Crippen molar-refractivity contribution >= 4 is 29.5 Å². The third kappa shape index (κ3) is 17.0. The molecule has 0 aliphatic heterocycles. The van der Waals surface area contributed by atoms with Crippen molar-refractivity contribution in [3.63, 3.8) is 0 Å². The van der Waals surface area contributed by atoms with Crippen LogP contribution in [0.5, 0.6) is 5.75 Å². The Hall–Kier alpha value is -3.81. The minimum atomic E-state index is -0.332. The van der Waals surface area contributed by atoms with E-state index in [1.54, 1.807) is 6.08 Å². The molecule has 0 fully saturated rings. The van der Waals surface area contributed by atoms with Crippen molar-refractivity contribution in [3.8, 4) is 5.75 Å². The molecule has 0 aromatic heterocycles. The maximum absolute atomic E-state index is 12.6. The van der Waals surface area contributed by atoms with E-state index in [1.165, 1.54) is 68.9 Å². The number of benzene rings is 2. The van der Waals surface area contributed by atoms with Gasteiger partial charge in [0.15, 0.2) is 0 Å². The molecular formula is C35H52N4O4. The van der Waals surface area contributed by atoms with E-state index in [-0.39, 0.29) is 24.3 Å². The molecule has 0 saturated carbocycles. The third-order valence-corrected chi connectivity index (χ3v) is 7.05. The summed E-state index contributed by atoms with van der Waals surface area (Å²) < 4.78 is 5.78. The third-order valence-electron chi connectivity index (χ3n) is 7.05. The Morgan fingerprint density at radius 1 is 0.767 bits per heavy atom. The summed E-state index contributed by atoms with van der Waals surface area (Å²) in [7, 11) is 0. The van der Waals surface area contributed by atoms with E-state index in [0.717, 1.165) is 24.2 Å². The number of hydrogen-bond donors (Lipinski definition) is 3. The molecule has 8 nitrogen and oxygen atoms in total. The molecule has 8 heteroatoms. The second-order valence-electron chi connectivity index (χ2n) is 10.7. The highest BCUT2D eigenvalue weighted by Crippen LogP contribution is 2.17. The second kappa shape index (κ2) is 22.7. The van der Waals surface area contributed by atoms with Crippen LogP contribution in [-0.2, 0) is 14.4 Å². The predicted molar refractivity (Wildman–Crippen MR) is 176 cm³/mol. The maximum atomic E-state index is 12.6. The van der Waals surface area contributed by atoms with Gasteiger partial charge in [-0.1, -0.05) is 95.0 Å². The Kier molecular flexibility index (Phi) is 18.7. The number of nitrogens with one attached hydrogen (secondary N) is 3. The van der Waals surface area contributed by atoms with Crippen molar-refractivity contribution < 1.29 is 19.1 Å². The average Bonchev–Trinajstić information content (AvgIpc) is 3.03. The Bertz CT molecular complexity index is 1070. The first kappa shape index (κ1) is 35.4. The summed E-state index contributed by atoms with van der Waals surface area (Å²) in [6.07, 6.45) is 17.1. The molecular weight excluding hydrogens is 540 g/mol. The topological polar surface area (TPSA) is 99.8 Å². The van der Waals surface area contributed by atoms with Gasteiger partial charge in [0.2, 0.25) is 11.8 Å². The van der Waals surface area contributed by atoms with Crippen LogP contribution < -0.4 is 20.8 Å². The maximum Gasteiger partial charge on any atom is 0.260 e. The molecule has 43 heavy (non-hydrogen) atoms. The summed E-state index contributed by atoms with van der Waals surface area (Å²) in [5.74, 6) is 0.187. The number of carbonyl (C=O) groups excluding carboxylic acids is 3. The minimum Gasteiger partial charge on any atom is -0.494 e. The highest BCUT2D eigenvalue weighted by Gasteiger charge is 2.12. The quantitative estimate of drug-likeness (QED) is 0.0742. The van der Waals surface area contributed by atoms with Crippen LogP contribution in [0.2, 0.25) is 0 Å². The van der Waals surface area contributed by atoms with Gasteiger partial charge in [0.05, 0.1) is 18.8 Å². The van der Waals surface area contributed by atoms with Gasteiger partial charge < -0.3 is 15.4 Å². The van der Waals surface area contributed by atoms with Gasteiger partial charge >= 0.3 is 0 Å². The van der Waals surface area contributed by atoms with E-state index in [0.29, 0.717) is 31.7 Å². The standard InChI is InChI=1S/C35H52N4O4/c1-3-5-6-7-8-9-10-11-12-16-27-36-33(40)20-17-28-43-32-24-22-31(23-25-32)38-39(4-2)35(42)29-37-34(41)26-21-30-18-14-13-15-19-30/h13-15,18-19,21-26,38H,3-12,16-17,20,27-29H2,1-2H3,(H,36,40)(H,37,41). The van der Waals surface area contributed by atoms with Gasteiger partial charge in [-0.05, 0) is 55.7 Å². The van der Waals surface area contributed by atoms with E-state index < -0.39 is 0 Å². The average molecular weight is 593 g/mol. The number of rotatable bonds is 23. The lowest BCUT2D eigenvalue weighted by atomic mass is 10.1. The van der Waals surface area contributed by atoms with Gasteiger partial charge in [0.1, 0.15) is 5.75 Å². The molecule has 0 unspecified atom stereocenters. The van der Waals surface area contributed by atoms with E-state index in [4.69, 9.17) is 4.74 Å². The van der Waals surface area contributed by atoms with Gasteiger partial charge in [-0.3, -0.25) is 24.8 Å². The van der Waals surface area contributed by atoms with Crippen molar-refractivity contribution in [1.82, 2.24) is 15.6 Å². The Morgan fingerprint density at radius 3 is 2.07 bits per heavy atom. The lowest BCUT2D eigenvalue weighted by molar-refractivity contribution is -0.130. The predicted octanol–water partition coefficient (Wildman–Crippen LogP) is 6.89. The molecule has 0 spiro atoms. The normalized spacial score (nSPS) is 10.8. The number of hydrazine groups is 1. The summed E-state index contributed by atoms with van der Waals surface area (Å²) in [6.45, 7) is 5.61. The molecule has 3 amide bonds. The summed E-state index contributed by atoms with van der Waals surface area (Å²) in [6, 6.07) is 16.8. The first-order chi connectivity index (χ1) is 21.0. The Morgan fingerprint density at radius 2 is 1.42 bits per heavy atom. The summed E-state index contributed by atoms with van der Waals surface area (Å²) in [5, 5.41) is 7.09. The lowest BCUT2D eigenvalue weighted by Crippen LogP contribution is -2.42. The van der Waals surface area contributed by atoms with Gasteiger partial charge in [-0.15, -0.1) is 0 Å². The van der Waals surface area contributed by atoms with Crippen LogP contribution in [0.4, 0.5) is 5.69 Å². The molecule has 0 radical (unpaired) electrons. The summed E-state index contributed by atoms with van der Waals surface area (Å²) >= 11 is 0. The van der Waals surface area contributed by atoms with E-state index in [9.17, 15) is 14.4 Å². The van der Waals surface area contributed by atoms with Crippen molar-refractivity contribution in [1.29, 1.82) is 0 Å². The van der Waals surface area contributed by atoms with Crippen LogP contribution in [0.3, 0.4) is 0 Å². The largest absolute Gasteiger partial charge is 0.494 e. The first-order valence-electron chi connectivity index (χ1n) is 16.1. The van der Waals surface area contributed by atoms with Gasteiger partial charge in [-0.25, -0.2) is 0 Å². The smallest absolute Gasteiger partial charge is 0.260 e. The Balaban J connectivity index is 1.54. The number of anilines is 1. The number of carbonyl (C=O) groups is 3. The van der Waals surface area contributed by atoms with Crippen LogP contribution in [-0.4, -0.2) is 49.0 Å². The van der Waals surface area contributed by atoms with Gasteiger partial charge in [0.25, 0.3) is 5.91 Å². The number of nitrogens with zero attached hydrogens (tertiary/aromatic N) is 1. The molecule has 236 valence electrons. The zero-order valence-electron chi connectivity index (χ0n) is 26.2. The van der Waals surface area contributed by atoms with E-state index >= 15 is 0 Å². The number of ether oxygens (including phenoxy) is 1. The highest BCUT2D eigenvalue weighted by molar-refractivity contribution is 5.94. The molecule has 0 atom stereocenters. The summed E-state index contributed by atoms with van der Waals surface area (Å²) in [4.78, 5) is 36.8. The van der Waals surface area contributed by atoms with Crippen molar-refractivity contribution in [3.05, 3.63) is 66.2 Å². The van der Waals surface area contributed by atoms with Crippen LogP contribution in [0, 0.1) is 0 Å². The fraction of sp³-hybridized carbons (Fsp3) is 0.514. The van der Waals surface area contributed by atoms with Crippen LogP contribution in [0.1, 0.15) is 96.5 Å². The SMILES string of the molecule is CCCCCCCCCCCCNC(=O)CCCOc1ccc(NN(CC)C(=O)CNC(=O)C=Cc2ccccc2)cc1. The van der Waals surface area contributed by atoms with Crippen LogP contribution >= 0.6 is 0 Å². The molecule has 0 aliphatic carbocycles. The first-order valence-corrected chi connectivity index (χ1v) is 16.1. The van der Waals surface area contributed by atoms with Crippen LogP contribution in [0.25, 0.3) is 6.08 Å². The monoisotopic (exact) mass is 592 g/mol. The highest BCUT2D eigenvalue weighted by atomic mass is 16.5. The second-order valence-corrected chi connectivity index (χ2v) is 10.7. The van der Waals surface area contributed by atoms with Crippen molar-refractivity contribution in [2.45, 2.75) is 90.9 Å².